The highest BCUT2D eigenvalue weighted by atomic mass is 28.4. The number of hydrogen-bond donors (Lipinski definition) is 0. The molecule has 0 spiro atoms. The number of carbonyl (C=O) groups excluding carboxylic acids is 3. The van der Waals surface area contributed by atoms with Gasteiger partial charge in [0, 0.05) is 0 Å². The summed E-state index contributed by atoms with van der Waals surface area (Å²) >= 11 is 0. The Balaban J connectivity index is 5.40. The fourth-order valence-corrected chi connectivity index (χ4v) is 2.20. The van der Waals surface area contributed by atoms with Crippen LogP contribution in [0.1, 0.15) is 20.8 Å². The lowest BCUT2D eigenvalue weighted by atomic mass is 10.2. The molecular weight excluding hydrogens is 218 g/mol. The molecule has 0 rings (SSSR count). The monoisotopic (exact) mass is 227 g/mol. The van der Waals surface area contributed by atoms with Gasteiger partial charge in [0.25, 0.3) is 0 Å². The molecule has 0 atom stereocenters. The highest BCUT2D eigenvalue weighted by Crippen LogP contribution is 2.19. The van der Waals surface area contributed by atoms with E-state index in [1.807, 2.05) is 0 Å². The second-order valence-corrected chi connectivity index (χ2v) is 5.42. The molecule has 0 aliphatic heterocycles. The molecule has 0 heterocycles. The maximum atomic E-state index is 10.1. The van der Waals surface area contributed by atoms with Gasteiger partial charge in [0.2, 0.25) is 18.2 Å². The first kappa shape index (κ1) is 13.3. The van der Waals surface area contributed by atoms with Crippen molar-refractivity contribution in [2.24, 2.45) is 14.0 Å². The van der Waals surface area contributed by atoms with Gasteiger partial charge in [0.1, 0.15) is 0 Å². The molecule has 0 saturated carbocycles. The van der Waals surface area contributed by atoms with Crippen molar-refractivity contribution in [2.45, 2.75) is 26.4 Å². The third kappa shape index (κ3) is 4.92. The largest absolute Gasteiger partial charge is 0.634 e. The first-order valence-corrected chi connectivity index (χ1v) is 5.61. The van der Waals surface area contributed by atoms with Gasteiger partial charge in [-0.25, -0.2) is 14.4 Å². The minimum Gasteiger partial charge on any atom is -0.358 e. The average molecular weight is 227 g/mol. The van der Waals surface area contributed by atoms with Crippen LogP contribution in [-0.4, -0.2) is 32.6 Å². The molecule has 0 N–H and O–H groups in total. The molecule has 0 aromatic heterocycles. The van der Waals surface area contributed by atoms with E-state index >= 15 is 0 Å². The third-order valence-corrected chi connectivity index (χ3v) is 3.05. The molecule has 0 unspecified atom stereocenters. The van der Waals surface area contributed by atoms with Crippen LogP contribution in [0, 0.1) is 0 Å². The molecule has 0 aliphatic carbocycles. The standard InChI is InChI=1S/C7H9N3O4Si/c1-7(2,3)14-15(8-4-11,9-5-12)10-6-13/h1-3H3. The Kier molecular flexibility index (Phi) is 4.67. The molecule has 0 aliphatic rings. The lowest BCUT2D eigenvalue weighted by Crippen LogP contribution is -2.40. The minimum absolute atomic E-state index is 0.771. The molecule has 0 fully saturated rings. The molecule has 0 bridgehead atoms. The van der Waals surface area contributed by atoms with Crippen molar-refractivity contribution >= 4 is 27.0 Å². The quantitative estimate of drug-likeness (QED) is 0.390. The van der Waals surface area contributed by atoms with Crippen LogP contribution in [0.3, 0.4) is 0 Å². The summed E-state index contributed by atoms with van der Waals surface area (Å²) in [4.78, 5) is 30.4. The van der Waals surface area contributed by atoms with E-state index in [1.54, 1.807) is 20.8 Å². The predicted molar refractivity (Wildman–Crippen MR) is 51.0 cm³/mol. The van der Waals surface area contributed by atoms with Crippen LogP contribution in [0.5, 0.6) is 0 Å². The van der Waals surface area contributed by atoms with Crippen LogP contribution in [0.15, 0.2) is 14.0 Å². The van der Waals surface area contributed by atoms with E-state index < -0.39 is 14.4 Å². The molecule has 0 amide bonds. The van der Waals surface area contributed by atoms with Gasteiger partial charge in [0.05, 0.1) is 5.60 Å². The van der Waals surface area contributed by atoms with E-state index in [9.17, 15) is 14.4 Å². The minimum atomic E-state index is -3.83. The fourth-order valence-electron chi connectivity index (χ4n) is 0.733. The van der Waals surface area contributed by atoms with Gasteiger partial charge in [-0.2, -0.15) is 14.0 Å². The Hall–Kier alpha value is -1.68. The van der Waals surface area contributed by atoms with Crippen LogP contribution in [0.4, 0.5) is 0 Å². The summed E-state index contributed by atoms with van der Waals surface area (Å²) in [5.41, 5.74) is -0.771. The molecule has 0 saturated heterocycles. The summed E-state index contributed by atoms with van der Waals surface area (Å²) in [7, 11) is -3.83. The zero-order chi connectivity index (χ0) is 11.9. The predicted octanol–water partition coefficient (Wildman–Crippen LogP) is 0.244. The average Bonchev–Trinajstić information content (AvgIpc) is 2.01. The van der Waals surface area contributed by atoms with E-state index in [0.29, 0.717) is 0 Å². The summed E-state index contributed by atoms with van der Waals surface area (Å²) in [5, 5.41) is 0. The fraction of sp³-hybridized carbons (Fsp3) is 0.571. The van der Waals surface area contributed by atoms with Crippen LogP contribution in [0.25, 0.3) is 0 Å². The van der Waals surface area contributed by atoms with Crippen molar-refractivity contribution < 1.29 is 18.8 Å². The molecule has 80 valence electrons. The van der Waals surface area contributed by atoms with Gasteiger partial charge < -0.3 is 4.43 Å². The van der Waals surface area contributed by atoms with Gasteiger partial charge in [-0.3, -0.25) is 0 Å². The van der Waals surface area contributed by atoms with Crippen molar-refractivity contribution in [3.05, 3.63) is 0 Å². The van der Waals surface area contributed by atoms with Crippen molar-refractivity contribution in [1.29, 1.82) is 0 Å². The number of nitrogens with zero attached hydrogens (tertiary/aromatic N) is 3. The van der Waals surface area contributed by atoms with Gasteiger partial charge in [-0.15, -0.1) is 0 Å². The van der Waals surface area contributed by atoms with Crippen molar-refractivity contribution in [2.75, 3.05) is 0 Å². The molecule has 7 nitrogen and oxygen atoms in total. The van der Waals surface area contributed by atoms with E-state index in [4.69, 9.17) is 4.43 Å². The van der Waals surface area contributed by atoms with Gasteiger partial charge in [0.15, 0.2) is 0 Å². The molecule has 0 radical (unpaired) electrons. The van der Waals surface area contributed by atoms with Crippen LogP contribution >= 0.6 is 0 Å². The topological polar surface area (TPSA) is 97.5 Å². The maximum Gasteiger partial charge on any atom is 0.634 e. The third-order valence-electron chi connectivity index (χ3n) is 1.02. The lowest BCUT2D eigenvalue weighted by Gasteiger charge is -2.24. The van der Waals surface area contributed by atoms with E-state index in [2.05, 4.69) is 14.0 Å². The molecule has 0 aromatic carbocycles. The smallest absolute Gasteiger partial charge is 0.358 e. The van der Waals surface area contributed by atoms with E-state index in [0.717, 1.165) is 0 Å². The Morgan fingerprint density at radius 3 is 1.47 bits per heavy atom. The highest BCUT2D eigenvalue weighted by molar-refractivity contribution is 6.70. The Bertz CT molecular complexity index is 325. The Morgan fingerprint density at radius 1 is 0.933 bits per heavy atom. The first-order valence-electron chi connectivity index (χ1n) is 3.86. The van der Waals surface area contributed by atoms with Gasteiger partial charge in [-0.05, 0) is 20.8 Å². The number of isocyanates is 3. The summed E-state index contributed by atoms with van der Waals surface area (Å²) in [6.07, 6.45) is 3.50. The zero-order valence-corrected chi connectivity index (χ0v) is 9.47. The van der Waals surface area contributed by atoms with Gasteiger partial charge >= 0.3 is 8.80 Å². The van der Waals surface area contributed by atoms with Crippen LogP contribution < -0.4 is 0 Å². The molecular formula is C7H9N3O4Si. The highest BCUT2D eigenvalue weighted by Gasteiger charge is 2.44. The van der Waals surface area contributed by atoms with Crippen molar-refractivity contribution in [3.8, 4) is 0 Å². The maximum absolute atomic E-state index is 10.1. The van der Waals surface area contributed by atoms with E-state index in [1.165, 1.54) is 18.2 Å². The molecule has 15 heavy (non-hydrogen) atoms. The summed E-state index contributed by atoms with van der Waals surface area (Å²) in [5.74, 6) is 0. The van der Waals surface area contributed by atoms with E-state index in [-0.39, 0.29) is 0 Å². The SMILES string of the molecule is CC(C)(C)O[Si](N=C=O)(N=C=O)N=C=O. The van der Waals surface area contributed by atoms with Crippen LogP contribution in [-0.2, 0) is 18.8 Å². The van der Waals surface area contributed by atoms with Crippen LogP contribution in [0.2, 0.25) is 0 Å². The van der Waals surface area contributed by atoms with Crippen molar-refractivity contribution in [3.63, 3.8) is 0 Å². The summed E-state index contributed by atoms with van der Waals surface area (Å²) < 4.78 is 14.7. The summed E-state index contributed by atoms with van der Waals surface area (Å²) in [6, 6.07) is 0. The Morgan fingerprint density at radius 2 is 1.27 bits per heavy atom. The lowest BCUT2D eigenvalue weighted by molar-refractivity contribution is 0.117. The second-order valence-electron chi connectivity index (χ2n) is 3.40. The zero-order valence-electron chi connectivity index (χ0n) is 8.47. The van der Waals surface area contributed by atoms with Gasteiger partial charge in [-0.1, -0.05) is 0 Å². The molecule has 8 heteroatoms. The normalized spacial score (nSPS) is 13.8. The number of hydrogen-bond acceptors (Lipinski definition) is 7. The molecule has 0 aromatic rings. The first-order chi connectivity index (χ1) is 6.89. The Labute approximate surface area is 87.0 Å². The second kappa shape index (κ2) is 5.26. The summed E-state index contributed by atoms with van der Waals surface area (Å²) in [6.45, 7) is 4.90. The number of rotatable bonds is 4. The van der Waals surface area contributed by atoms with Crippen molar-refractivity contribution in [1.82, 2.24) is 0 Å².